The van der Waals surface area contributed by atoms with Crippen molar-refractivity contribution in [2.45, 2.75) is 19.4 Å². The lowest BCUT2D eigenvalue weighted by Gasteiger charge is -2.31. The van der Waals surface area contributed by atoms with Gasteiger partial charge in [0.15, 0.2) is 0 Å². The molecule has 0 spiro atoms. The zero-order valence-electron chi connectivity index (χ0n) is 16.4. The Morgan fingerprint density at radius 2 is 1.90 bits per heavy atom. The summed E-state index contributed by atoms with van der Waals surface area (Å²) < 4.78 is 13.6. The lowest BCUT2D eigenvalue weighted by atomic mass is 9.95. The van der Waals surface area contributed by atoms with Gasteiger partial charge in [0.1, 0.15) is 12.4 Å². The third-order valence-electron chi connectivity index (χ3n) is 5.15. The number of anilines is 1. The Kier molecular flexibility index (Phi) is 5.55. The fourth-order valence-corrected chi connectivity index (χ4v) is 3.99. The van der Waals surface area contributed by atoms with E-state index >= 15 is 0 Å². The molecule has 4 nitrogen and oxygen atoms in total. The van der Waals surface area contributed by atoms with Gasteiger partial charge in [-0.1, -0.05) is 53.6 Å². The van der Waals surface area contributed by atoms with Crippen LogP contribution in [0.3, 0.4) is 0 Å². The van der Waals surface area contributed by atoms with Crippen LogP contribution >= 0.6 is 11.6 Å². The molecule has 3 aromatic carbocycles. The van der Waals surface area contributed by atoms with Crippen molar-refractivity contribution in [1.29, 1.82) is 0 Å². The summed E-state index contributed by atoms with van der Waals surface area (Å²) in [6, 6.07) is 18.2. The minimum absolute atomic E-state index is 0.112. The summed E-state index contributed by atoms with van der Waals surface area (Å²) in [6.07, 6.45) is 0.155. The van der Waals surface area contributed by atoms with Crippen molar-refractivity contribution in [3.05, 3.63) is 99.8 Å². The number of rotatable bonds is 3. The van der Waals surface area contributed by atoms with Gasteiger partial charge >= 0.3 is 0 Å². The molecule has 0 aromatic heterocycles. The number of nitrogens with one attached hydrogen (secondary N) is 1. The molecule has 3 aromatic rings. The first-order valence-electron chi connectivity index (χ1n) is 9.60. The largest absolute Gasteiger partial charge is 0.324 e. The van der Waals surface area contributed by atoms with Gasteiger partial charge in [-0.2, -0.15) is 0 Å². The smallest absolute Gasteiger partial charge is 0.244 e. The Morgan fingerprint density at radius 3 is 2.63 bits per heavy atom. The van der Waals surface area contributed by atoms with Gasteiger partial charge in [-0.25, -0.2) is 4.39 Å². The van der Waals surface area contributed by atoms with Crippen molar-refractivity contribution in [1.82, 2.24) is 4.90 Å². The van der Waals surface area contributed by atoms with E-state index in [9.17, 15) is 14.0 Å². The molecule has 4 rings (SSSR count). The van der Waals surface area contributed by atoms with Gasteiger partial charge in [0.05, 0.1) is 12.5 Å². The molecule has 0 bridgehead atoms. The average Bonchev–Trinajstić information content (AvgIpc) is 2.84. The molecular formula is C24H20ClFN2O2. The zero-order chi connectivity index (χ0) is 21.3. The van der Waals surface area contributed by atoms with Crippen LogP contribution in [0.2, 0.25) is 5.02 Å². The van der Waals surface area contributed by atoms with Crippen LogP contribution in [0.25, 0.3) is 0 Å². The van der Waals surface area contributed by atoms with E-state index in [-0.39, 0.29) is 30.6 Å². The van der Waals surface area contributed by atoms with E-state index in [2.05, 4.69) is 5.32 Å². The summed E-state index contributed by atoms with van der Waals surface area (Å²) in [5.41, 5.74) is 3.91. The highest BCUT2D eigenvalue weighted by Crippen LogP contribution is 2.37. The van der Waals surface area contributed by atoms with Crippen molar-refractivity contribution in [3.8, 4) is 0 Å². The fourth-order valence-electron chi connectivity index (χ4n) is 3.81. The molecule has 1 atom stereocenters. The van der Waals surface area contributed by atoms with E-state index in [4.69, 9.17) is 11.6 Å². The molecule has 6 heteroatoms. The molecule has 152 valence electrons. The third-order valence-corrected chi connectivity index (χ3v) is 5.39. The second-order valence-electron chi connectivity index (χ2n) is 7.42. The van der Waals surface area contributed by atoms with Gasteiger partial charge in [-0.3, -0.25) is 9.59 Å². The first-order chi connectivity index (χ1) is 14.4. The highest BCUT2D eigenvalue weighted by atomic mass is 35.5. The first kappa shape index (κ1) is 20.1. The second kappa shape index (κ2) is 8.28. The maximum Gasteiger partial charge on any atom is 0.244 e. The molecule has 0 saturated heterocycles. The van der Waals surface area contributed by atoms with Crippen LogP contribution < -0.4 is 5.32 Å². The van der Waals surface area contributed by atoms with Gasteiger partial charge < -0.3 is 10.2 Å². The topological polar surface area (TPSA) is 49.4 Å². The molecule has 1 unspecified atom stereocenters. The maximum absolute atomic E-state index is 13.6. The minimum atomic E-state index is -0.574. The van der Waals surface area contributed by atoms with Gasteiger partial charge in [-0.05, 0) is 48.4 Å². The molecule has 1 heterocycles. The van der Waals surface area contributed by atoms with Crippen LogP contribution in [0.4, 0.5) is 10.1 Å². The summed E-state index contributed by atoms with van der Waals surface area (Å²) in [7, 11) is 0. The Balaban J connectivity index is 1.80. The molecule has 0 saturated carbocycles. The number of nitrogens with zero attached hydrogens (tertiary/aromatic N) is 1. The van der Waals surface area contributed by atoms with E-state index in [0.717, 1.165) is 11.1 Å². The van der Waals surface area contributed by atoms with Crippen LogP contribution in [0.5, 0.6) is 0 Å². The Labute approximate surface area is 179 Å². The van der Waals surface area contributed by atoms with Crippen LogP contribution in [-0.2, 0) is 16.0 Å². The van der Waals surface area contributed by atoms with E-state index in [0.29, 0.717) is 21.8 Å². The number of amides is 2. The molecule has 1 aliphatic heterocycles. The average molecular weight is 423 g/mol. The summed E-state index contributed by atoms with van der Waals surface area (Å²) in [4.78, 5) is 27.5. The SMILES string of the molecule is Cc1cccc(CC(=O)N2CC(=O)Nc3ccc(Cl)cc3C2c2ccc(F)cc2)c1. The number of carbonyl (C=O) groups excluding carboxylic acids is 2. The van der Waals surface area contributed by atoms with Crippen molar-refractivity contribution in [2.75, 3.05) is 11.9 Å². The normalized spacial score (nSPS) is 15.9. The van der Waals surface area contributed by atoms with Crippen molar-refractivity contribution in [2.24, 2.45) is 0 Å². The standard InChI is InChI=1S/C24H20ClFN2O2/c1-15-3-2-4-16(11-15)12-23(30)28-14-22(29)27-21-10-7-18(25)13-20(21)24(28)17-5-8-19(26)9-6-17/h2-11,13,24H,12,14H2,1H3,(H,27,29). The number of benzene rings is 3. The lowest BCUT2D eigenvalue weighted by Crippen LogP contribution is -2.39. The van der Waals surface area contributed by atoms with Crippen LogP contribution in [-0.4, -0.2) is 23.3 Å². The van der Waals surface area contributed by atoms with Crippen LogP contribution in [0, 0.1) is 12.7 Å². The van der Waals surface area contributed by atoms with E-state index in [1.807, 2.05) is 31.2 Å². The van der Waals surface area contributed by atoms with Crippen LogP contribution in [0.15, 0.2) is 66.7 Å². The fraction of sp³-hybridized carbons (Fsp3) is 0.167. The summed E-state index contributed by atoms with van der Waals surface area (Å²) in [5, 5.41) is 3.34. The van der Waals surface area contributed by atoms with Crippen molar-refractivity contribution >= 4 is 29.1 Å². The predicted molar refractivity (Wildman–Crippen MR) is 115 cm³/mol. The number of hydrogen-bond donors (Lipinski definition) is 1. The summed E-state index contributed by atoms with van der Waals surface area (Å²) in [5.74, 6) is -0.857. The molecule has 1 N–H and O–H groups in total. The van der Waals surface area contributed by atoms with E-state index in [1.54, 1.807) is 30.3 Å². The molecule has 2 amide bonds. The highest BCUT2D eigenvalue weighted by molar-refractivity contribution is 6.30. The van der Waals surface area contributed by atoms with Gasteiger partial charge in [-0.15, -0.1) is 0 Å². The number of aryl methyl sites for hydroxylation is 1. The van der Waals surface area contributed by atoms with E-state index in [1.165, 1.54) is 17.0 Å². The van der Waals surface area contributed by atoms with Crippen molar-refractivity contribution in [3.63, 3.8) is 0 Å². The maximum atomic E-state index is 13.6. The first-order valence-corrected chi connectivity index (χ1v) is 9.98. The molecule has 30 heavy (non-hydrogen) atoms. The Morgan fingerprint density at radius 1 is 1.13 bits per heavy atom. The molecule has 0 fully saturated rings. The second-order valence-corrected chi connectivity index (χ2v) is 7.86. The number of carbonyl (C=O) groups is 2. The van der Waals surface area contributed by atoms with Crippen LogP contribution in [0.1, 0.15) is 28.3 Å². The number of fused-ring (bicyclic) bond motifs is 1. The van der Waals surface area contributed by atoms with Gasteiger partial charge in [0.25, 0.3) is 0 Å². The quantitative estimate of drug-likeness (QED) is 0.652. The molecular weight excluding hydrogens is 403 g/mol. The third kappa shape index (κ3) is 4.21. The molecule has 0 radical (unpaired) electrons. The minimum Gasteiger partial charge on any atom is -0.324 e. The van der Waals surface area contributed by atoms with Gasteiger partial charge in [0.2, 0.25) is 11.8 Å². The van der Waals surface area contributed by atoms with E-state index < -0.39 is 6.04 Å². The monoisotopic (exact) mass is 422 g/mol. The van der Waals surface area contributed by atoms with Gasteiger partial charge in [0, 0.05) is 16.3 Å². The predicted octanol–water partition coefficient (Wildman–Crippen LogP) is 4.90. The van der Waals surface area contributed by atoms with Crippen molar-refractivity contribution < 1.29 is 14.0 Å². The number of halogens is 2. The molecule has 1 aliphatic rings. The summed E-state index contributed by atoms with van der Waals surface area (Å²) >= 11 is 6.24. The highest BCUT2D eigenvalue weighted by Gasteiger charge is 2.33. The Bertz CT molecular complexity index is 1110. The Hall–Kier alpha value is -3.18. The zero-order valence-corrected chi connectivity index (χ0v) is 17.1. The summed E-state index contributed by atoms with van der Waals surface area (Å²) in [6.45, 7) is 1.85. The number of hydrogen-bond acceptors (Lipinski definition) is 2. The molecule has 0 aliphatic carbocycles. The lowest BCUT2D eigenvalue weighted by molar-refractivity contribution is -0.135.